The molecule has 0 spiro atoms. The van der Waals surface area contributed by atoms with Gasteiger partial charge in [0, 0.05) is 29.4 Å². The molecule has 3 nitrogen and oxygen atoms in total. The highest BCUT2D eigenvalue weighted by molar-refractivity contribution is 5.88. The number of likely N-dealkylation sites (tertiary alicyclic amines) is 1. The molecule has 2 aromatic rings. The van der Waals surface area contributed by atoms with Crippen molar-refractivity contribution in [3.63, 3.8) is 0 Å². The van der Waals surface area contributed by atoms with Crippen molar-refractivity contribution < 1.29 is 0 Å². The van der Waals surface area contributed by atoms with Crippen LogP contribution in [0.3, 0.4) is 0 Å². The van der Waals surface area contributed by atoms with E-state index < -0.39 is 0 Å². The lowest BCUT2D eigenvalue weighted by Crippen LogP contribution is -2.64. The van der Waals surface area contributed by atoms with Gasteiger partial charge in [0.15, 0.2) is 0 Å². The SMILES string of the molecule is CCCN1CCCC2c3cccc4[nH]cc(c34)C[C@]21N. The molecule has 1 unspecified atom stereocenters. The van der Waals surface area contributed by atoms with Crippen LogP contribution in [-0.2, 0) is 6.42 Å². The van der Waals surface area contributed by atoms with Crippen LogP contribution < -0.4 is 5.73 Å². The van der Waals surface area contributed by atoms with Gasteiger partial charge in [-0.05, 0) is 49.5 Å². The molecule has 1 aromatic heterocycles. The third-order valence-corrected chi connectivity index (χ3v) is 5.28. The van der Waals surface area contributed by atoms with E-state index in [1.54, 1.807) is 0 Å². The van der Waals surface area contributed by atoms with Crippen molar-refractivity contribution in [1.82, 2.24) is 9.88 Å². The van der Waals surface area contributed by atoms with E-state index in [4.69, 9.17) is 5.73 Å². The highest BCUT2D eigenvalue weighted by Gasteiger charge is 2.46. The van der Waals surface area contributed by atoms with E-state index in [-0.39, 0.29) is 5.66 Å². The Bertz CT molecular complexity index is 643. The topological polar surface area (TPSA) is 45.0 Å². The van der Waals surface area contributed by atoms with Crippen LogP contribution in [-0.4, -0.2) is 28.6 Å². The van der Waals surface area contributed by atoms with E-state index >= 15 is 0 Å². The highest BCUT2D eigenvalue weighted by atomic mass is 15.3. The molecule has 1 aliphatic carbocycles. The second-order valence-electron chi connectivity index (χ2n) is 6.43. The van der Waals surface area contributed by atoms with Gasteiger partial charge in [0.05, 0.1) is 5.66 Å². The molecule has 0 bridgehead atoms. The maximum absolute atomic E-state index is 6.96. The summed E-state index contributed by atoms with van der Waals surface area (Å²) < 4.78 is 0. The fourth-order valence-corrected chi connectivity index (χ4v) is 4.44. The molecule has 0 amide bonds. The molecule has 20 heavy (non-hydrogen) atoms. The first kappa shape index (κ1) is 12.4. The van der Waals surface area contributed by atoms with E-state index in [9.17, 15) is 0 Å². The number of nitrogens with one attached hydrogen (secondary N) is 1. The number of hydrogen-bond donors (Lipinski definition) is 2. The average molecular weight is 269 g/mol. The summed E-state index contributed by atoms with van der Waals surface area (Å²) in [5.74, 6) is 0.481. The van der Waals surface area contributed by atoms with E-state index in [0.717, 1.165) is 19.5 Å². The van der Waals surface area contributed by atoms with Gasteiger partial charge in [-0.25, -0.2) is 0 Å². The van der Waals surface area contributed by atoms with Gasteiger partial charge in [0.2, 0.25) is 0 Å². The van der Waals surface area contributed by atoms with Crippen LogP contribution in [0.25, 0.3) is 10.9 Å². The van der Waals surface area contributed by atoms with Gasteiger partial charge in [-0.2, -0.15) is 0 Å². The molecule has 0 saturated carbocycles. The number of hydrogen-bond acceptors (Lipinski definition) is 2. The maximum atomic E-state index is 6.96. The van der Waals surface area contributed by atoms with E-state index in [2.05, 4.69) is 41.2 Å². The van der Waals surface area contributed by atoms with Gasteiger partial charge in [-0.15, -0.1) is 0 Å². The van der Waals surface area contributed by atoms with Crippen molar-refractivity contribution in [2.45, 2.75) is 44.2 Å². The number of nitrogens with zero attached hydrogens (tertiary/aromatic N) is 1. The summed E-state index contributed by atoms with van der Waals surface area (Å²) in [7, 11) is 0. The molecule has 3 N–H and O–H groups in total. The summed E-state index contributed by atoms with van der Waals surface area (Å²) >= 11 is 0. The minimum absolute atomic E-state index is 0.183. The Morgan fingerprint density at radius 2 is 2.35 bits per heavy atom. The van der Waals surface area contributed by atoms with Crippen molar-refractivity contribution in [3.05, 3.63) is 35.5 Å². The number of nitrogens with two attached hydrogens (primary N) is 1. The van der Waals surface area contributed by atoms with Crippen molar-refractivity contribution in [2.24, 2.45) is 5.73 Å². The van der Waals surface area contributed by atoms with Crippen LogP contribution >= 0.6 is 0 Å². The second-order valence-corrected chi connectivity index (χ2v) is 6.43. The quantitative estimate of drug-likeness (QED) is 0.880. The molecule has 1 fully saturated rings. The zero-order chi connectivity index (χ0) is 13.7. The van der Waals surface area contributed by atoms with Crippen LogP contribution in [0.2, 0.25) is 0 Å². The zero-order valence-electron chi connectivity index (χ0n) is 12.2. The third kappa shape index (κ3) is 1.54. The number of fused-ring (bicyclic) bond motifs is 2. The predicted molar refractivity (Wildman–Crippen MR) is 82.8 cm³/mol. The lowest BCUT2D eigenvalue weighted by atomic mass is 9.71. The number of aromatic nitrogens is 1. The van der Waals surface area contributed by atoms with Crippen LogP contribution in [0.15, 0.2) is 24.4 Å². The van der Waals surface area contributed by atoms with Crippen molar-refractivity contribution in [1.29, 1.82) is 0 Å². The van der Waals surface area contributed by atoms with Gasteiger partial charge in [0.25, 0.3) is 0 Å². The number of H-pyrrole nitrogens is 1. The molecule has 0 radical (unpaired) electrons. The fraction of sp³-hybridized carbons (Fsp3) is 0.529. The van der Waals surface area contributed by atoms with Crippen molar-refractivity contribution in [2.75, 3.05) is 13.1 Å². The van der Waals surface area contributed by atoms with Crippen LogP contribution in [0, 0.1) is 0 Å². The normalized spacial score (nSPS) is 29.6. The largest absolute Gasteiger partial charge is 0.361 e. The minimum Gasteiger partial charge on any atom is -0.361 e. The number of rotatable bonds is 2. The molecular weight excluding hydrogens is 246 g/mol. The number of benzene rings is 1. The molecule has 2 atom stereocenters. The fourth-order valence-electron chi connectivity index (χ4n) is 4.44. The predicted octanol–water partition coefficient (Wildman–Crippen LogP) is 2.97. The molecule has 1 aromatic carbocycles. The zero-order valence-corrected chi connectivity index (χ0v) is 12.2. The summed E-state index contributed by atoms with van der Waals surface area (Å²) in [6.45, 7) is 4.51. The third-order valence-electron chi connectivity index (χ3n) is 5.28. The smallest absolute Gasteiger partial charge is 0.0799 e. The van der Waals surface area contributed by atoms with Gasteiger partial charge < -0.3 is 10.7 Å². The summed E-state index contributed by atoms with van der Waals surface area (Å²) in [6.07, 6.45) is 6.81. The van der Waals surface area contributed by atoms with Crippen LogP contribution in [0.1, 0.15) is 43.2 Å². The Kier molecular flexibility index (Phi) is 2.69. The Hall–Kier alpha value is -1.32. The molecule has 1 aliphatic heterocycles. The first-order valence-electron chi connectivity index (χ1n) is 7.87. The van der Waals surface area contributed by atoms with E-state index in [1.165, 1.54) is 41.3 Å². The summed E-state index contributed by atoms with van der Waals surface area (Å²) in [5, 5.41) is 1.44. The standard InChI is InChI=1S/C17H23N3/c1-2-8-20-9-4-6-14-13-5-3-7-15-16(13)12(11-19-15)10-17(14,20)18/h3,5,7,11,14,19H,2,4,6,8-10,18H2,1H3/t14?,17-/m1/s1. The Morgan fingerprint density at radius 3 is 3.20 bits per heavy atom. The summed E-state index contributed by atoms with van der Waals surface area (Å²) in [6, 6.07) is 6.64. The molecular formula is C17H23N3. The Labute approximate surface area is 120 Å². The molecule has 4 rings (SSSR count). The Morgan fingerprint density at radius 1 is 1.45 bits per heavy atom. The highest BCUT2D eigenvalue weighted by Crippen LogP contribution is 2.47. The first-order chi connectivity index (χ1) is 9.74. The summed E-state index contributed by atoms with van der Waals surface area (Å²) in [5.41, 5.74) is 10.9. The number of aromatic amines is 1. The van der Waals surface area contributed by atoms with Gasteiger partial charge in [0.1, 0.15) is 0 Å². The monoisotopic (exact) mass is 269 g/mol. The second kappa shape index (κ2) is 4.34. The first-order valence-corrected chi connectivity index (χ1v) is 7.87. The van der Waals surface area contributed by atoms with E-state index in [1.807, 2.05) is 0 Å². The molecule has 2 heterocycles. The summed E-state index contributed by atoms with van der Waals surface area (Å²) in [4.78, 5) is 5.96. The van der Waals surface area contributed by atoms with Gasteiger partial charge in [-0.3, -0.25) is 4.90 Å². The van der Waals surface area contributed by atoms with Crippen LogP contribution in [0.5, 0.6) is 0 Å². The molecule has 2 aliphatic rings. The molecule has 3 heteroatoms. The Balaban J connectivity index is 1.88. The lowest BCUT2D eigenvalue weighted by Gasteiger charge is -2.52. The van der Waals surface area contributed by atoms with E-state index in [0.29, 0.717) is 5.92 Å². The maximum Gasteiger partial charge on any atom is 0.0799 e. The van der Waals surface area contributed by atoms with Crippen molar-refractivity contribution in [3.8, 4) is 0 Å². The molecule has 1 saturated heterocycles. The van der Waals surface area contributed by atoms with Crippen molar-refractivity contribution >= 4 is 10.9 Å². The molecule has 106 valence electrons. The number of piperidine rings is 1. The van der Waals surface area contributed by atoms with Crippen LogP contribution in [0.4, 0.5) is 0 Å². The lowest BCUT2D eigenvalue weighted by molar-refractivity contribution is 0.0280. The van der Waals surface area contributed by atoms with Gasteiger partial charge >= 0.3 is 0 Å². The van der Waals surface area contributed by atoms with Gasteiger partial charge in [-0.1, -0.05) is 19.1 Å². The minimum atomic E-state index is -0.183. The average Bonchev–Trinajstić information content (AvgIpc) is 2.85.